The number of aliphatic imine (C=N–C) groups is 1. The smallest absolute Gasteiger partial charge is 0.191 e. The van der Waals surface area contributed by atoms with Crippen molar-refractivity contribution >= 4 is 5.96 Å². The van der Waals surface area contributed by atoms with E-state index in [1.807, 2.05) is 24.1 Å². The highest BCUT2D eigenvalue weighted by Crippen LogP contribution is 2.13. The van der Waals surface area contributed by atoms with Gasteiger partial charge in [-0.1, -0.05) is 0 Å². The number of nitrogens with one attached hydrogen (secondary N) is 2. The molecule has 0 radical (unpaired) electrons. The van der Waals surface area contributed by atoms with Crippen molar-refractivity contribution in [3.05, 3.63) is 29.6 Å². The summed E-state index contributed by atoms with van der Waals surface area (Å²) >= 11 is 0. The zero-order valence-corrected chi connectivity index (χ0v) is 15.1. The number of methoxy groups -OCH3 is 1. The average Bonchev–Trinajstić information content (AvgIpc) is 3.18. The molecule has 3 heterocycles. The van der Waals surface area contributed by atoms with Crippen LogP contribution in [0.4, 0.5) is 0 Å². The van der Waals surface area contributed by atoms with E-state index in [9.17, 15) is 0 Å². The number of hydrogen-bond acceptors (Lipinski definition) is 5. The van der Waals surface area contributed by atoms with E-state index in [1.165, 1.54) is 0 Å². The predicted octanol–water partition coefficient (Wildman–Crippen LogP) is 0.228. The fourth-order valence-electron chi connectivity index (χ4n) is 2.91. The van der Waals surface area contributed by atoms with Crippen molar-refractivity contribution in [3.8, 4) is 0 Å². The van der Waals surface area contributed by atoms with Gasteiger partial charge in [0.05, 0.1) is 19.3 Å². The van der Waals surface area contributed by atoms with Gasteiger partial charge < -0.3 is 15.4 Å². The maximum Gasteiger partial charge on any atom is 0.191 e. The second-order valence-corrected chi connectivity index (χ2v) is 6.16. The third-order valence-electron chi connectivity index (χ3n) is 4.04. The van der Waals surface area contributed by atoms with E-state index in [-0.39, 0.29) is 6.04 Å². The lowest BCUT2D eigenvalue weighted by Crippen LogP contribution is -2.47. The molecule has 0 spiro atoms. The third-order valence-corrected chi connectivity index (χ3v) is 4.04. The van der Waals surface area contributed by atoms with Gasteiger partial charge in [-0.25, -0.2) is 14.7 Å². The molecule has 0 saturated carbocycles. The summed E-state index contributed by atoms with van der Waals surface area (Å²) in [5.74, 6) is 2.59. The Morgan fingerprint density at radius 2 is 2.36 bits per heavy atom. The maximum atomic E-state index is 5.11. The van der Waals surface area contributed by atoms with Crippen LogP contribution in [-0.4, -0.2) is 50.2 Å². The Bertz CT molecular complexity index is 720. The molecule has 0 fully saturated rings. The lowest BCUT2D eigenvalue weighted by molar-refractivity contribution is 0.177. The Labute approximate surface area is 147 Å². The molecule has 2 aromatic rings. The Balaban J connectivity index is 1.61. The summed E-state index contributed by atoms with van der Waals surface area (Å²) in [5.41, 5.74) is 1.09. The summed E-state index contributed by atoms with van der Waals surface area (Å²) in [6.07, 6.45) is 5.72. The molecule has 2 N–H and O–H groups in total. The van der Waals surface area contributed by atoms with Crippen LogP contribution in [0, 0.1) is 0 Å². The molecule has 1 atom stereocenters. The summed E-state index contributed by atoms with van der Waals surface area (Å²) in [6.45, 7) is 4.71. The molecule has 3 rings (SSSR count). The van der Waals surface area contributed by atoms with Crippen LogP contribution in [0.5, 0.6) is 0 Å². The fraction of sp³-hybridized carbons (Fsp3) is 0.625. The highest BCUT2D eigenvalue weighted by molar-refractivity contribution is 5.80. The van der Waals surface area contributed by atoms with Crippen LogP contribution in [0.1, 0.15) is 30.6 Å². The molecule has 0 aromatic carbocycles. The Hall–Kier alpha value is -2.42. The minimum atomic E-state index is 0.274. The Morgan fingerprint density at radius 1 is 1.48 bits per heavy atom. The van der Waals surface area contributed by atoms with Crippen LogP contribution >= 0.6 is 0 Å². The summed E-state index contributed by atoms with van der Waals surface area (Å²) < 4.78 is 8.88. The fourth-order valence-corrected chi connectivity index (χ4v) is 2.91. The Kier molecular flexibility index (Phi) is 5.64. The van der Waals surface area contributed by atoms with Crippen LogP contribution in [0.25, 0.3) is 0 Å². The molecule has 2 aromatic heterocycles. The van der Waals surface area contributed by atoms with Gasteiger partial charge >= 0.3 is 0 Å². The van der Waals surface area contributed by atoms with Gasteiger partial charge in [-0.3, -0.25) is 4.68 Å². The molecule has 0 aliphatic carbocycles. The van der Waals surface area contributed by atoms with Gasteiger partial charge in [0.15, 0.2) is 11.8 Å². The van der Waals surface area contributed by atoms with E-state index in [4.69, 9.17) is 4.74 Å². The number of hydrogen-bond donors (Lipinski definition) is 2. The number of ether oxygens (including phenoxy) is 1. The van der Waals surface area contributed by atoms with Gasteiger partial charge in [0.1, 0.15) is 12.4 Å². The van der Waals surface area contributed by atoms with Gasteiger partial charge in [-0.15, -0.1) is 0 Å². The van der Waals surface area contributed by atoms with Crippen LogP contribution in [0.2, 0.25) is 0 Å². The van der Waals surface area contributed by atoms with E-state index in [1.54, 1.807) is 11.8 Å². The van der Waals surface area contributed by atoms with Crippen molar-refractivity contribution in [3.63, 3.8) is 0 Å². The highest BCUT2D eigenvalue weighted by Gasteiger charge is 2.22. The SMILES string of the molecule is CCNC(=NCc1cnn(C)c1)NC1CCc2nc(COC)nn2C1. The molecule has 1 unspecified atom stereocenters. The number of fused-ring (bicyclic) bond motifs is 1. The molecule has 9 nitrogen and oxygen atoms in total. The Morgan fingerprint density at radius 3 is 3.08 bits per heavy atom. The number of rotatable bonds is 6. The summed E-state index contributed by atoms with van der Waals surface area (Å²) in [5, 5.41) is 15.5. The van der Waals surface area contributed by atoms with E-state index < -0.39 is 0 Å². The van der Waals surface area contributed by atoms with Crippen molar-refractivity contribution in [2.75, 3.05) is 13.7 Å². The van der Waals surface area contributed by atoms with Crippen molar-refractivity contribution in [1.29, 1.82) is 0 Å². The lowest BCUT2D eigenvalue weighted by Gasteiger charge is -2.25. The molecule has 1 aliphatic heterocycles. The number of aromatic nitrogens is 5. The number of aryl methyl sites for hydroxylation is 2. The molecule has 136 valence electrons. The van der Waals surface area contributed by atoms with Gasteiger partial charge in [0.2, 0.25) is 0 Å². The summed E-state index contributed by atoms with van der Waals surface area (Å²) in [4.78, 5) is 9.17. The minimum Gasteiger partial charge on any atom is -0.377 e. The van der Waals surface area contributed by atoms with Gasteiger partial charge in [-0.05, 0) is 13.3 Å². The quantitative estimate of drug-likeness (QED) is 0.574. The van der Waals surface area contributed by atoms with Gasteiger partial charge in [0, 0.05) is 44.9 Å². The van der Waals surface area contributed by atoms with Crippen molar-refractivity contribution in [2.24, 2.45) is 12.0 Å². The molecular weight excluding hydrogens is 320 g/mol. The van der Waals surface area contributed by atoms with Crippen molar-refractivity contribution in [1.82, 2.24) is 35.2 Å². The first-order chi connectivity index (χ1) is 12.2. The maximum absolute atomic E-state index is 5.11. The van der Waals surface area contributed by atoms with E-state index in [0.29, 0.717) is 13.2 Å². The molecule has 0 saturated heterocycles. The average molecular weight is 346 g/mol. The summed E-state index contributed by atoms with van der Waals surface area (Å²) in [6, 6.07) is 0.274. The topological polar surface area (TPSA) is 94.2 Å². The van der Waals surface area contributed by atoms with Crippen molar-refractivity contribution in [2.45, 2.75) is 45.5 Å². The van der Waals surface area contributed by atoms with Crippen LogP contribution in [0.15, 0.2) is 17.4 Å². The van der Waals surface area contributed by atoms with Crippen LogP contribution in [-0.2, 0) is 37.9 Å². The zero-order chi connectivity index (χ0) is 17.6. The van der Waals surface area contributed by atoms with Gasteiger partial charge in [-0.2, -0.15) is 10.2 Å². The van der Waals surface area contributed by atoms with Crippen molar-refractivity contribution < 1.29 is 4.74 Å². The molecule has 9 heteroatoms. The normalized spacial score (nSPS) is 17.4. The van der Waals surface area contributed by atoms with E-state index >= 15 is 0 Å². The second-order valence-electron chi connectivity index (χ2n) is 6.16. The van der Waals surface area contributed by atoms with Gasteiger partial charge in [0.25, 0.3) is 0 Å². The molecule has 0 bridgehead atoms. The molecule has 0 amide bonds. The second kappa shape index (κ2) is 8.11. The molecule has 1 aliphatic rings. The first kappa shape index (κ1) is 17.4. The van der Waals surface area contributed by atoms with Crippen LogP contribution in [0.3, 0.4) is 0 Å². The predicted molar refractivity (Wildman–Crippen MR) is 94.0 cm³/mol. The minimum absolute atomic E-state index is 0.274. The van der Waals surface area contributed by atoms with Crippen LogP contribution < -0.4 is 10.6 Å². The largest absolute Gasteiger partial charge is 0.377 e. The first-order valence-electron chi connectivity index (χ1n) is 8.61. The number of nitrogens with zero attached hydrogens (tertiary/aromatic N) is 6. The number of guanidine groups is 1. The standard InChI is InChI=1S/C16H26N8O/c1-4-17-16(18-7-12-8-19-23(2)9-12)20-13-5-6-15-21-14(11-25-3)22-24(15)10-13/h8-9,13H,4-7,10-11H2,1-3H3,(H2,17,18,20). The van der Waals surface area contributed by atoms with E-state index in [0.717, 1.165) is 49.1 Å². The lowest BCUT2D eigenvalue weighted by atomic mass is 10.1. The highest BCUT2D eigenvalue weighted by atomic mass is 16.5. The molecular formula is C16H26N8O. The third kappa shape index (κ3) is 4.56. The summed E-state index contributed by atoms with van der Waals surface area (Å²) in [7, 11) is 3.57. The van der Waals surface area contributed by atoms with E-state index in [2.05, 4.69) is 37.7 Å². The molecule has 25 heavy (non-hydrogen) atoms. The monoisotopic (exact) mass is 346 g/mol. The first-order valence-corrected chi connectivity index (χ1v) is 8.61. The zero-order valence-electron chi connectivity index (χ0n) is 15.1.